The van der Waals surface area contributed by atoms with Crippen molar-refractivity contribution in [2.75, 3.05) is 13.7 Å². The van der Waals surface area contributed by atoms with Crippen molar-refractivity contribution < 1.29 is 19.4 Å². The number of rotatable bonds is 2. The fraction of sp³-hybridized carbons (Fsp3) is 0.917. The maximum atomic E-state index is 12.0. The molecule has 0 radical (unpaired) electrons. The van der Waals surface area contributed by atoms with Crippen LogP contribution in [0.3, 0.4) is 0 Å². The number of aliphatic hydroxyl groups is 1. The van der Waals surface area contributed by atoms with Crippen LogP contribution in [-0.4, -0.2) is 47.7 Å². The first-order chi connectivity index (χ1) is 7.85. The Morgan fingerprint density at radius 2 is 2.06 bits per heavy atom. The van der Waals surface area contributed by atoms with Gasteiger partial charge in [0.25, 0.3) is 0 Å². The summed E-state index contributed by atoms with van der Waals surface area (Å²) in [6.45, 7) is 6.10. The molecule has 0 spiro atoms. The van der Waals surface area contributed by atoms with Crippen molar-refractivity contribution >= 4 is 6.09 Å². The van der Waals surface area contributed by atoms with Gasteiger partial charge in [-0.25, -0.2) is 4.79 Å². The van der Waals surface area contributed by atoms with E-state index in [1.807, 2.05) is 20.8 Å². The Bertz CT molecular complexity index is 262. The summed E-state index contributed by atoms with van der Waals surface area (Å²) in [6.07, 6.45) is 1.35. The molecule has 1 unspecified atom stereocenters. The van der Waals surface area contributed by atoms with Crippen LogP contribution < -0.4 is 0 Å². The summed E-state index contributed by atoms with van der Waals surface area (Å²) in [6, 6.07) is -0.302. The van der Waals surface area contributed by atoms with Crippen LogP contribution in [0.1, 0.15) is 40.0 Å². The maximum Gasteiger partial charge on any atom is 0.410 e. The quantitative estimate of drug-likeness (QED) is 0.753. The Hall–Kier alpha value is -0.810. The number of aliphatic hydroxyl groups excluding tert-OH is 1. The molecule has 0 aromatic rings. The molecule has 0 bridgehead atoms. The van der Waals surface area contributed by atoms with E-state index in [1.54, 1.807) is 4.90 Å². The average Bonchev–Trinajstić information content (AvgIpc) is 2.25. The maximum absolute atomic E-state index is 12.0. The molecule has 1 heterocycles. The lowest BCUT2D eigenvalue weighted by molar-refractivity contribution is -0.131. The molecule has 5 nitrogen and oxygen atoms in total. The smallest absolute Gasteiger partial charge is 0.410 e. The van der Waals surface area contributed by atoms with Gasteiger partial charge in [-0.05, 0) is 40.0 Å². The SMILES string of the molecule is COC(O)[C@@H]1CCCCN1C(=O)OC(C)(C)C. The molecule has 1 saturated heterocycles. The topological polar surface area (TPSA) is 59.0 Å². The van der Waals surface area contributed by atoms with Crippen molar-refractivity contribution in [2.24, 2.45) is 0 Å². The number of methoxy groups -OCH3 is 1. The first-order valence-corrected chi connectivity index (χ1v) is 6.05. The van der Waals surface area contributed by atoms with Gasteiger partial charge < -0.3 is 19.5 Å². The molecule has 1 N–H and O–H groups in total. The van der Waals surface area contributed by atoms with Gasteiger partial charge in [0, 0.05) is 13.7 Å². The van der Waals surface area contributed by atoms with Gasteiger partial charge in [0.2, 0.25) is 0 Å². The minimum atomic E-state index is -0.942. The molecule has 0 aromatic carbocycles. The second-order valence-electron chi connectivity index (χ2n) is 5.36. The van der Waals surface area contributed by atoms with Crippen molar-refractivity contribution in [1.82, 2.24) is 4.90 Å². The molecule has 1 fully saturated rings. The van der Waals surface area contributed by atoms with E-state index >= 15 is 0 Å². The minimum absolute atomic E-state index is 0.302. The van der Waals surface area contributed by atoms with Gasteiger partial charge in [0.15, 0.2) is 6.29 Å². The summed E-state index contributed by atoms with van der Waals surface area (Å²) in [4.78, 5) is 13.6. The first-order valence-electron chi connectivity index (χ1n) is 6.05. The predicted molar refractivity (Wildman–Crippen MR) is 63.6 cm³/mol. The second-order valence-corrected chi connectivity index (χ2v) is 5.36. The fourth-order valence-corrected chi connectivity index (χ4v) is 1.96. The number of piperidine rings is 1. The molecule has 0 saturated carbocycles. The van der Waals surface area contributed by atoms with Crippen LogP contribution >= 0.6 is 0 Å². The molecular formula is C12H23NO4. The number of carbonyl (C=O) groups is 1. The molecule has 0 aliphatic carbocycles. The zero-order chi connectivity index (χ0) is 13.1. The van der Waals surface area contributed by atoms with Crippen molar-refractivity contribution in [3.05, 3.63) is 0 Å². The number of nitrogens with zero attached hydrogens (tertiary/aromatic N) is 1. The third kappa shape index (κ3) is 4.16. The van der Waals surface area contributed by atoms with Crippen molar-refractivity contribution in [1.29, 1.82) is 0 Å². The molecule has 2 atom stereocenters. The third-order valence-electron chi connectivity index (χ3n) is 2.75. The standard InChI is InChI=1S/C12H23NO4/c1-12(2,3)17-11(15)13-8-6-5-7-9(13)10(14)16-4/h9-10,14H,5-8H2,1-4H3/t9-,10?/m0/s1. The van der Waals surface area contributed by atoms with Crippen molar-refractivity contribution in [2.45, 2.75) is 58.0 Å². The molecule has 100 valence electrons. The van der Waals surface area contributed by atoms with E-state index < -0.39 is 11.9 Å². The van der Waals surface area contributed by atoms with E-state index in [9.17, 15) is 9.90 Å². The van der Waals surface area contributed by atoms with Crippen molar-refractivity contribution in [3.63, 3.8) is 0 Å². The second kappa shape index (κ2) is 5.69. The van der Waals surface area contributed by atoms with Crippen molar-refractivity contribution in [3.8, 4) is 0 Å². The number of carbonyl (C=O) groups excluding carboxylic acids is 1. The van der Waals surface area contributed by atoms with E-state index in [-0.39, 0.29) is 12.1 Å². The normalized spacial score (nSPS) is 23.4. The summed E-state index contributed by atoms with van der Waals surface area (Å²) >= 11 is 0. The minimum Gasteiger partial charge on any atom is -0.444 e. The van der Waals surface area contributed by atoms with Gasteiger partial charge in [-0.15, -0.1) is 0 Å². The van der Waals surface area contributed by atoms with Crippen LogP contribution in [0.4, 0.5) is 4.79 Å². The van der Waals surface area contributed by atoms with Crippen LogP contribution in [0.2, 0.25) is 0 Å². The fourth-order valence-electron chi connectivity index (χ4n) is 1.96. The third-order valence-corrected chi connectivity index (χ3v) is 2.75. The molecule has 1 aliphatic rings. The van der Waals surface area contributed by atoms with Crippen LogP contribution in [0, 0.1) is 0 Å². The Kier molecular flexibility index (Phi) is 4.77. The molecule has 0 aromatic heterocycles. The van der Waals surface area contributed by atoms with E-state index in [0.29, 0.717) is 6.54 Å². The van der Waals surface area contributed by atoms with Crippen LogP contribution in [0.15, 0.2) is 0 Å². The van der Waals surface area contributed by atoms with E-state index in [2.05, 4.69) is 0 Å². The summed E-state index contributed by atoms with van der Waals surface area (Å²) in [5, 5.41) is 9.73. The highest BCUT2D eigenvalue weighted by molar-refractivity contribution is 5.68. The first kappa shape index (κ1) is 14.3. The highest BCUT2D eigenvalue weighted by Gasteiger charge is 2.34. The molecular weight excluding hydrogens is 222 g/mol. The number of hydrogen-bond donors (Lipinski definition) is 1. The van der Waals surface area contributed by atoms with Gasteiger partial charge in [0.05, 0.1) is 6.04 Å². The van der Waals surface area contributed by atoms with Gasteiger partial charge >= 0.3 is 6.09 Å². The average molecular weight is 245 g/mol. The number of amides is 1. The molecule has 1 amide bonds. The Balaban J connectivity index is 2.67. The zero-order valence-electron chi connectivity index (χ0n) is 11.1. The molecule has 17 heavy (non-hydrogen) atoms. The molecule has 1 rings (SSSR count). The Morgan fingerprint density at radius 1 is 1.41 bits per heavy atom. The van der Waals surface area contributed by atoms with E-state index in [0.717, 1.165) is 19.3 Å². The van der Waals surface area contributed by atoms with Crippen LogP contribution in [-0.2, 0) is 9.47 Å². The largest absolute Gasteiger partial charge is 0.444 e. The van der Waals surface area contributed by atoms with Crippen LogP contribution in [0.5, 0.6) is 0 Å². The summed E-state index contributed by atoms with van der Waals surface area (Å²) in [7, 11) is 1.44. The summed E-state index contributed by atoms with van der Waals surface area (Å²) in [5.74, 6) is 0. The Morgan fingerprint density at radius 3 is 2.59 bits per heavy atom. The van der Waals surface area contributed by atoms with Gasteiger partial charge in [0.1, 0.15) is 5.60 Å². The molecule has 5 heteroatoms. The van der Waals surface area contributed by atoms with Crippen LogP contribution in [0.25, 0.3) is 0 Å². The lowest BCUT2D eigenvalue weighted by Crippen LogP contribution is -2.51. The van der Waals surface area contributed by atoms with E-state index in [4.69, 9.17) is 9.47 Å². The van der Waals surface area contributed by atoms with E-state index in [1.165, 1.54) is 7.11 Å². The highest BCUT2D eigenvalue weighted by atomic mass is 16.6. The van der Waals surface area contributed by atoms with Gasteiger partial charge in [-0.1, -0.05) is 0 Å². The highest BCUT2D eigenvalue weighted by Crippen LogP contribution is 2.22. The lowest BCUT2D eigenvalue weighted by atomic mass is 10.0. The monoisotopic (exact) mass is 245 g/mol. The zero-order valence-corrected chi connectivity index (χ0v) is 11.1. The summed E-state index contributed by atoms with van der Waals surface area (Å²) in [5.41, 5.74) is -0.517. The predicted octanol–water partition coefficient (Wildman–Crippen LogP) is 1.74. The van der Waals surface area contributed by atoms with Gasteiger partial charge in [-0.3, -0.25) is 0 Å². The number of hydrogen-bond acceptors (Lipinski definition) is 4. The van der Waals surface area contributed by atoms with Gasteiger partial charge in [-0.2, -0.15) is 0 Å². The Labute approximate surface area is 103 Å². The number of likely N-dealkylation sites (tertiary alicyclic amines) is 1. The summed E-state index contributed by atoms with van der Waals surface area (Å²) < 4.78 is 10.2. The lowest BCUT2D eigenvalue weighted by Gasteiger charge is -2.38. The molecule has 1 aliphatic heterocycles. The number of ether oxygens (including phenoxy) is 2.